The Hall–Kier alpha value is -3.23. The highest BCUT2D eigenvalue weighted by Gasteiger charge is 2.66. The fourth-order valence-corrected chi connectivity index (χ4v) is 5.56. The molecule has 3 amide bonds. The number of anilines is 1. The lowest BCUT2D eigenvalue weighted by Gasteiger charge is -2.37. The van der Waals surface area contributed by atoms with Crippen LogP contribution in [-0.2, 0) is 14.4 Å². The Balaban J connectivity index is 1.24. The SMILES string of the molecule is COc1cc([N+](=O)[O-])ccc1NC(=O)CCN1C(=O)[C@@H]2[C@H]3C=C[C@@H]([C@@H]4C[C@@H]34)[C@H]2C1=O. The summed E-state index contributed by atoms with van der Waals surface area (Å²) in [5.41, 5.74) is 0.144. The summed E-state index contributed by atoms with van der Waals surface area (Å²) in [5.74, 6) is 0.301. The second kappa shape index (κ2) is 6.65. The summed E-state index contributed by atoms with van der Waals surface area (Å²) >= 11 is 0. The van der Waals surface area contributed by atoms with Crippen molar-refractivity contribution < 1.29 is 24.0 Å². The maximum atomic E-state index is 12.9. The van der Waals surface area contributed by atoms with Crippen LogP contribution in [0.1, 0.15) is 12.8 Å². The fourth-order valence-electron chi connectivity index (χ4n) is 5.56. The van der Waals surface area contributed by atoms with Crippen molar-refractivity contribution in [2.24, 2.45) is 35.5 Å². The zero-order valence-electron chi connectivity index (χ0n) is 16.3. The van der Waals surface area contributed by atoms with Gasteiger partial charge < -0.3 is 10.1 Å². The number of non-ortho nitro benzene ring substituents is 1. The average Bonchev–Trinajstić information content (AvgIpc) is 3.51. The molecule has 3 fully saturated rings. The number of nitrogens with one attached hydrogen (secondary N) is 1. The number of nitro benzene ring substituents is 1. The number of nitrogens with zero attached hydrogens (tertiary/aromatic N) is 2. The summed E-state index contributed by atoms with van der Waals surface area (Å²) in [6, 6.07) is 3.89. The van der Waals surface area contributed by atoms with Gasteiger partial charge in [-0.05, 0) is 36.2 Å². The Bertz CT molecular complexity index is 968. The van der Waals surface area contributed by atoms with Gasteiger partial charge in [0.25, 0.3) is 5.69 Å². The molecule has 4 aliphatic carbocycles. The predicted molar refractivity (Wildman–Crippen MR) is 104 cm³/mol. The van der Waals surface area contributed by atoms with Gasteiger partial charge in [0.1, 0.15) is 5.75 Å². The van der Waals surface area contributed by atoms with Gasteiger partial charge in [0.05, 0.1) is 35.6 Å². The second-order valence-corrected chi connectivity index (χ2v) is 8.42. The third kappa shape index (κ3) is 2.72. The highest BCUT2D eigenvalue weighted by molar-refractivity contribution is 6.06. The molecular formula is C21H21N3O6. The zero-order valence-corrected chi connectivity index (χ0v) is 16.3. The number of rotatable bonds is 6. The van der Waals surface area contributed by atoms with Crippen molar-refractivity contribution in [3.63, 3.8) is 0 Å². The molecule has 6 rings (SSSR count). The van der Waals surface area contributed by atoms with Crippen LogP contribution in [0.25, 0.3) is 0 Å². The summed E-state index contributed by atoms with van der Waals surface area (Å²) in [6.07, 6.45) is 5.28. The number of imide groups is 1. The molecular weight excluding hydrogens is 390 g/mol. The molecule has 30 heavy (non-hydrogen) atoms. The molecule has 2 saturated carbocycles. The number of nitro groups is 1. The van der Waals surface area contributed by atoms with E-state index in [9.17, 15) is 24.5 Å². The Morgan fingerprint density at radius 1 is 1.20 bits per heavy atom. The molecule has 9 heteroatoms. The van der Waals surface area contributed by atoms with Gasteiger partial charge in [-0.25, -0.2) is 0 Å². The number of hydrogen-bond acceptors (Lipinski definition) is 6. The molecule has 9 nitrogen and oxygen atoms in total. The molecule has 0 unspecified atom stereocenters. The van der Waals surface area contributed by atoms with Gasteiger partial charge >= 0.3 is 0 Å². The first-order chi connectivity index (χ1) is 14.4. The van der Waals surface area contributed by atoms with E-state index < -0.39 is 10.8 Å². The Morgan fingerprint density at radius 3 is 2.40 bits per heavy atom. The molecule has 156 valence electrons. The van der Waals surface area contributed by atoms with E-state index in [1.807, 2.05) is 0 Å². The number of hydrogen-bond donors (Lipinski definition) is 1. The van der Waals surface area contributed by atoms with E-state index >= 15 is 0 Å². The summed E-state index contributed by atoms with van der Waals surface area (Å²) in [7, 11) is 1.35. The largest absolute Gasteiger partial charge is 0.494 e. The van der Waals surface area contributed by atoms with Crippen LogP contribution in [0, 0.1) is 45.6 Å². The molecule has 0 spiro atoms. The van der Waals surface area contributed by atoms with E-state index in [0.717, 1.165) is 6.42 Å². The third-order valence-corrected chi connectivity index (χ3v) is 6.99. The maximum Gasteiger partial charge on any atom is 0.273 e. The second-order valence-electron chi connectivity index (χ2n) is 8.42. The number of amides is 3. The summed E-state index contributed by atoms with van der Waals surface area (Å²) in [6.45, 7) is 0.0283. The van der Waals surface area contributed by atoms with Gasteiger partial charge in [0.2, 0.25) is 17.7 Å². The number of likely N-dealkylation sites (tertiary alicyclic amines) is 1. The molecule has 0 aromatic heterocycles. The van der Waals surface area contributed by atoms with Crippen LogP contribution in [0.15, 0.2) is 30.4 Å². The minimum Gasteiger partial charge on any atom is -0.494 e. The third-order valence-electron chi connectivity index (χ3n) is 6.99. The predicted octanol–water partition coefficient (Wildman–Crippen LogP) is 1.99. The van der Waals surface area contributed by atoms with Crippen molar-refractivity contribution in [3.05, 3.63) is 40.5 Å². The number of ether oxygens (including phenoxy) is 1. The van der Waals surface area contributed by atoms with Gasteiger partial charge in [-0.3, -0.25) is 29.4 Å². The topological polar surface area (TPSA) is 119 Å². The van der Waals surface area contributed by atoms with E-state index in [2.05, 4.69) is 17.5 Å². The normalized spacial score (nSPS) is 32.6. The molecule has 1 saturated heterocycles. The minimum atomic E-state index is -0.551. The van der Waals surface area contributed by atoms with Crippen molar-refractivity contribution in [1.82, 2.24) is 4.90 Å². The first kappa shape index (κ1) is 18.8. The van der Waals surface area contributed by atoms with Gasteiger partial charge in [-0.1, -0.05) is 12.2 Å². The van der Waals surface area contributed by atoms with Gasteiger partial charge in [0, 0.05) is 19.0 Å². The van der Waals surface area contributed by atoms with Crippen LogP contribution in [-0.4, -0.2) is 41.2 Å². The van der Waals surface area contributed by atoms with E-state index in [1.165, 1.54) is 30.2 Å². The Kier molecular flexibility index (Phi) is 4.16. The van der Waals surface area contributed by atoms with Gasteiger partial charge in [-0.15, -0.1) is 0 Å². The zero-order chi connectivity index (χ0) is 21.2. The van der Waals surface area contributed by atoms with Crippen LogP contribution >= 0.6 is 0 Å². The molecule has 1 aromatic carbocycles. The van der Waals surface area contributed by atoms with E-state index in [0.29, 0.717) is 17.5 Å². The Morgan fingerprint density at radius 2 is 1.83 bits per heavy atom. The molecule has 1 aliphatic heterocycles. The standard InChI is InChI=1S/C21H21N3O6/c1-30-16-8-10(24(28)29)2-5-15(16)22-17(25)6-7-23-20(26)18-11-3-4-12(14-9-13(11)14)19(18)21(23)27/h2-5,8,11-14,18-19H,6-7,9H2,1H3,(H,22,25)/t11-,12-,13-,14-,18+,19+/m0/s1. The molecule has 2 bridgehead atoms. The highest BCUT2D eigenvalue weighted by atomic mass is 16.6. The molecule has 1 N–H and O–H groups in total. The fraction of sp³-hybridized carbons (Fsp3) is 0.476. The first-order valence-corrected chi connectivity index (χ1v) is 10.1. The van der Waals surface area contributed by atoms with Gasteiger partial charge in [0.15, 0.2) is 0 Å². The minimum absolute atomic E-state index is 0.0283. The van der Waals surface area contributed by atoms with Crippen molar-refractivity contribution in [1.29, 1.82) is 0 Å². The van der Waals surface area contributed by atoms with Crippen molar-refractivity contribution in [2.75, 3.05) is 19.0 Å². The summed E-state index contributed by atoms with van der Waals surface area (Å²) < 4.78 is 5.11. The van der Waals surface area contributed by atoms with Crippen molar-refractivity contribution in [2.45, 2.75) is 12.8 Å². The molecule has 0 radical (unpaired) electrons. The van der Waals surface area contributed by atoms with Crippen LogP contribution in [0.2, 0.25) is 0 Å². The lowest BCUT2D eigenvalue weighted by atomic mass is 9.63. The average molecular weight is 411 g/mol. The lowest BCUT2D eigenvalue weighted by Crippen LogP contribution is -2.40. The van der Waals surface area contributed by atoms with Crippen molar-refractivity contribution in [3.8, 4) is 5.75 Å². The summed E-state index contributed by atoms with van der Waals surface area (Å²) in [5, 5.41) is 13.5. The quantitative estimate of drug-likeness (QED) is 0.331. The number of carbonyl (C=O) groups excluding carboxylic acids is 3. The Labute approximate surface area is 172 Å². The number of carbonyl (C=O) groups is 3. The number of methoxy groups -OCH3 is 1. The first-order valence-electron chi connectivity index (χ1n) is 10.1. The van der Waals surface area contributed by atoms with Crippen molar-refractivity contribution >= 4 is 29.1 Å². The lowest BCUT2D eigenvalue weighted by molar-refractivity contribution is -0.384. The van der Waals surface area contributed by atoms with Crippen LogP contribution in [0.3, 0.4) is 0 Å². The molecule has 5 aliphatic rings. The summed E-state index contributed by atoms with van der Waals surface area (Å²) in [4.78, 5) is 49.9. The monoisotopic (exact) mass is 411 g/mol. The van der Waals surface area contributed by atoms with Crippen LogP contribution < -0.4 is 10.1 Å². The number of benzene rings is 1. The van der Waals surface area contributed by atoms with Gasteiger partial charge in [-0.2, -0.15) is 0 Å². The molecule has 1 aromatic rings. The smallest absolute Gasteiger partial charge is 0.273 e. The maximum absolute atomic E-state index is 12.9. The van der Waals surface area contributed by atoms with E-state index in [-0.39, 0.29) is 59.9 Å². The molecule has 1 heterocycles. The number of allylic oxidation sites excluding steroid dienone is 2. The van der Waals surface area contributed by atoms with Crippen LogP contribution in [0.5, 0.6) is 5.75 Å². The highest BCUT2D eigenvalue weighted by Crippen LogP contribution is 2.65. The van der Waals surface area contributed by atoms with Crippen LogP contribution in [0.4, 0.5) is 11.4 Å². The molecule has 6 atom stereocenters. The van der Waals surface area contributed by atoms with E-state index in [1.54, 1.807) is 0 Å². The van der Waals surface area contributed by atoms with E-state index in [4.69, 9.17) is 4.74 Å².